The predicted molar refractivity (Wildman–Crippen MR) is 71.0 cm³/mol. The second-order valence-electron chi connectivity index (χ2n) is 6.28. The summed E-state index contributed by atoms with van der Waals surface area (Å²) < 4.78 is 11.4. The molecule has 0 aromatic heterocycles. The van der Waals surface area contributed by atoms with E-state index in [1.54, 1.807) is 0 Å². The van der Waals surface area contributed by atoms with E-state index in [0.717, 1.165) is 13.0 Å². The van der Waals surface area contributed by atoms with Crippen LogP contribution in [0.4, 0.5) is 0 Å². The molecule has 1 saturated carbocycles. The van der Waals surface area contributed by atoms with Gasteiger partial charge in [0.25, 0.3) is 0 Å². The van der Waals surface area contributed by atoms with Crippen LogP contribution in [-0.4, -0.2) is 32.0 Å². The van der Waals surface area contributed by atoms with Gasteiger partial charge in [-0.15, -0.1) is 0 Å². The number of hydrogen-bond donors (Lipinski definition) is 1. The molecule has 0 bridgehead atoms. The highest BCUT2D eigenvalue weighted by Gasteiger charge is 2.36. The van der Waals surface area contributed by atoms with Crippen LogP contribution in [0.2, 0.25) is 0 Å². The maximum atomic E-state index is 6.25. The summed E-state index contributed by atoms with van der Waals surface area (Å²) >= 11 is 0. The van der Waals surface area contributed by atoms with Gasteiger partial charge in [-0.3, -0.25) is 0 Å². The van der Waals surface area contributed by atoms with E-state index in [1.165, 1.54) is 12.8 Å². The van der Waals surface area contributed by atoms with Gasteiger partial charge in [-0.1, -0.05) is 34.1 Å². The van der Waals surface area contributed by atoms with Crippen LogP contribution in [0.5, 0.6) is 0 Å². The van der Waals surface area contributed by atoms with Gasteiger partial charge in [-0.25, -0.2) is 0 Å². The lowest BCUT2D eigenvalue weighted by Crippen LogP contribution is -2.50. The van der Waals surface area contributed by atoms with E-state index < -0.39 is 0 Å². The number of rotatable bonds is 6. The van der Waals surface area contributed by atoms with Crippen molar-refractivity contribution in [2.45, 2.75) is 59.1 Å². The molecule has 2 unspecified atom stereocenters. The van der Waals surface area contributed by atoms with Gasteiger partial charge in [0.15, 0.2) is 0 Å². The van der Waals surface area contributed by atoms with Crippen molar-refractivity contribution in [3.63, 3.8) is 0 Å². The third-order valence-electron chi connectivity index (χ3n) is 3.62. The molecule has 2 atom stereocenters. The second-order valence-corrected chi connectivity index (χ2v) is 6.28. The average Bonchev–Trinajstić information content (AvgIpc) is 2.23. The van der Waals surface area contributed by atoms with E-state index in [0.29, 0.717) is 19.1 Å². The molecule has 1 fully saturated rings. The number of nitrogens with two attached hydrogens (primary N) is 1. The summed E-state index contributed by atoms with van der Waals surface area (Å²) in [6.45, 7) is 10.9. The summed E-state index contributed by atoms with van der Waals surface area (Å²) in [6.07, 6.45) is 3.73. The summed E-state index contributed by atoms with van der Waals surface area (Å²) in [4.78, 5) is 0. The van der Waals surface area contributed by atoms with Gasteiger partial charge in [0.1, 0.15) is 0 Å². The lowest BCUT2D eigenvalue weighted by atomic mass is 9.72. The zero-order valence-corrected chi connectivity index (χ0v) is 11.9. The molecule has 1 rings (SSSR count). The number of hydrogen-bond acceptors (Lipinski definition) is 3. The van der Waals surface area contributed by atoms with Crippen molar-refractivity contribution >= 4 is 0 Å². The van der Waals surface area contributed by atoms with E-state index in [-0.39, 0.29) is 17.6 Å². The summed E-state index contributed by atoms with van der Waals surface area (Å²) in [6, 6.07) is 0.154. The van der Waals surface area contributed by atoms with E-state index in [1.807, 2.05) is 0 Å². The van der Waals surface area contributed by atoms with Gasteiger partial charge in [0.2, 0.25) is 0 Å². The molecule has 0 saturated heterocycles. The fourth-order valence-electron chi connectivity index (χ4n) is 2.37. The van der Waals surface area contributed by atoms with Crippen LogP contribution in [0.25, 0.3) is 0 Å². The van der Waals surface area contributed by atoms with Gasteiger partial charge in [0.05, 0.1) is 19.3 Å². The highest BCUT2D eigenvalue weighted by molar-refractivity contribution is 4.92. The Morgan fingerprint density at radius 2 is 2.00 bits per heavy atom. The Bertz CT molecular complexity index is 216. The molecule has 0 aromatic rings. The van der Waals surface area contributed by atoms with Gasteiger partial charge in [-0.2, -0.15) is 0 Å². The maximum absolute atomic E-state index is 6.25. The highest BCUT2D eigenvalue weighted by Crippen LogP contribution is 2.35. The molecule has 0 heterocycles. The zero-order chi connectivity index (χ0) is 12.9. The first-order valence-corrected chi connectivity index (χ1v) is 6.88. The minimum atomic E-state index is 0.154. The molecule has 3 nitrogen and oxygen atoms in total. The monoisotopic (exact) mass is 243 g/mol. The molecule has 2 N–H and O–H groups in total. The zero-order valence-electron chi connectivity index (χ0n) is 11.9. The van der Waals surface area contributed by atoms with Gasteiger partial charge in [-0.05, 0) is 24.2 Å². The van der Waals surface area contributed by atoms with Crippen LogP contribution < -0.4 is 5.73 Å². The van der Waals surface area contributed by atoms with Gasteiger partial charge >= 0.3 is 0 Å². The van der Waals surface area contributed by atoms with Crippen molar-refractivity contribution < 1.29 is 9.47 Å². The number of ether oxygens (including phenoxy) is 2. The molecule has 1 aliphatic rings. The molecule has 1 aliphatic carbocycles. The molecule has 0 amide bonds. The molecular formula is C14H29NO2. The largest absolute Gasteiger partial charge is 0.379 e. The Labute approximate surface area is 106 Å². The standard InChI is InChI=1S/C14H29NO2/c1-11(2)10-16-8-9-17-12-6-5-7-14(3,4)13(12)15/h11-13H,5-10,15H2,1-4H3. The molecule has 102 valence electrons. The Morgan fingerprint density at radius 3 is 2.65 bits per heavy atom. The van der Waals surface area contributed by atoms with Gasteiger partial charge < -0.3 is 15.2 Å². The Morgan fingerprint density at radius 1 is 1.29 bits per heavy atom. The first-order chi connectivity index (χ1) is 7.93. The van der Waals surface area contributed by atoms with Crippen LogP contribution in [0.3, 0.4) is 0 Å². The second kappa shape index (κ2) is 6.72. The first-order valence-electron chi connectivity index (χ1n) is 6.88. The van der Waals surface area contributed by atoms with Crippen molar-refractivity contribution in [1.29, 1.82) is 0 Å². The third-order valence-corrected chi connectivity index (χ3v) is 3.62. The molecule has 0 aliphatic heterocycles. The average molecular weight is 243 g/mol. The van der Waals surface area contributed by atoms with E-state index >= 15 is 0 Å². The van der Waals surface area contributed by atoms with Crippen molar-refractivity contribution in [2.24, 2.45) is 17.1 Å². The van der Waals surface area contributed by atoms with Crippen molar-refractivity contribution in [3.05, 3.63) is 0 Å². The summed E-state index contributed by atoms with van der Waals surface area (Å²) in [5, 5.41) is 0. The predicted octanol–water partition coefficient (Wildman–Crippen LogP) is 2.58. The van der Waals surface area contributed by atoms with E-state index in [9.17, 15) is 0 Å². The van der Waals surface area contributed by atoms with Gasteiger partial charge in [0, 0.05) is 12.6 Å². The Balaban J connectivity index is 2.18. The SMILES string of the molecule is CC(C)COCCOC1CCCC(C)(C)C1N. The molecule has 0 aromatic carbocycles. The molecule has 17 heavy (non-hydrogen) atoms. The van der Waals surface area contributed by atoms with E-state index in [4.69, 9.17) is 15.2 Å². The van der Waals surface area contributed by atoms with Crippen LogP contribution in [0.15, 0.2) is 0 Å². The minimum absolute atomic E-state index is 0.154. The summed E-state index contributed by atoms with van der Waals surface area (Å²) in [5.74, 6) is 0.589. The van der Waals surface area contributed by atoms with Crippen LogP contribution in [0, 0.1) is 11.3 Å². The lowest BCUT2D eigenvalue weighted by Gasteiger charge is -2.41. The molecular weight excluding hydrogens is 214 g/mol. The van der Waals surface area contributed by atoms with Crippen molar-refractivity contribution in [3.8, 4) is 0 Å². The van der Waals surface area contributed by atoms with Crippen molar-refractivity contribution in [1.82, 2.24) is 0 Å². The third kappa shape index (κ3) is 4.94. The quantitative estimate of drug-likeness (QED) is 0.729. The summed E-state index contributed by atoms with van der Waals surface area (Å²) in [7, 11) is 0. The fraction of sp³-hybridized carbons (Fsp3) is 1.00. The smallest absolute Gasteiger partial charge is 0.0732 e. The Hall–Kier alpha value is -0.120. The lowest BCUT2D eigenvalue weighted by molar-refractivity contribution is -0.0482. The normalized spacial score (nSPS) is 28.6. The Kier molecular flexibility index (Phi) is 5.90. The minimum Gasteiger partial charge on any atom is -0.379 e. The molecule has 0 spiro atoms. The van der Waals surface area contributed by atoms with Crippen LogP contribution >= 0.6 is 0 Å². The molecule has 0 radical (unpaired) electrons. The topological polar surface area (TPSA) is 44.5 Å². The maximum Gasteiger partial charge on any atom is 0.0732 e. The molecule has 3 heteroatoms. The first kappa shape index (κ1) is 14.9. The van der Waals surface area contributed by atoms with E-state index in [2.05, 4.69) is 27.7 Å². The van der Waals surface area contributed by atoms with Crippen LogP contribution in [0.1, 0.15) is 47.0 Å². The highest BCUT2D eigenvalue weighted by atomic mass is 16.5. The fourth-order valence-corrected chi connectivity index (χ4v) is 2.37. The van der Waals surface area contributed by atoms with Crippen LogP contribution in [-0.2, 0) is 9.47 Å². The van der Waals surface area contributed by atoms with Crippen molar-refractivity contribution in [2.75, 3.05) is 19.8 Å². The summed E-state index contributed by atoms with van der Waals surface area (Å²) in [5.41, 5.74) is 6.46.